The lowest BCUT2D eigenvalue weighted by Gasteiger charge is -2.33. The van der Waals surface area contributed by atoms with Gasteiger partial charge in [0.05, 0.1) is 18.8 Å². The normalized spacial score (nSPS) is 21.8. The van der Waals surface area contributed by atoms with Crippen LogP contribution in [0.5, 0.6) is 5.75 Å². The molecule has 0 aliphatic carbocycles. The van der Waals surface area contributed by atoms with Gasteiger partial charge < -0.3 is 14.5 Å². The molecular weight excluding hydrogens is 332 g/mol. The van der Waals surface area contributed by atoms with Gasteiger partial charge in [0.15, 0.2) is 5.54 Å². The van der Waals surface area contributed by atoms with Gasteiger partial charge in [-0.15, -0.1) is 0 Å². The number of hydrogen-bond donors (Lipinski definition) is 1. The van der Waals surface area contributed by atoms with Crippen molar-refractivity contribution in [1.29, 1.82) is 0 Å². The minimum Gasteiger partial charge on any atom is -0.493 e. The number of imidazole rings is 1. The van der Waals surface area contributed by atoms with Gasteiger partial charge in [0.1, 0.15) is 11.4 Å². The van der Waals surface area contributed by atoms with Gasteiger partial charge in [-0.2, -0.15) is 0 Å². The molecule has 3 aromatic rings. The average molecular weight is 348 g/mol. The SMILES string of the molecule is O=C1NC2(CCOc3ccccc32)C(=O)N1Cc1cn2ccccc2n1. The molecule has 2 aromatic heterocycles. The zero-order valence-corrected chi connectivity index (χ0v) is 13.9. The standard InChI is InChI=1S/C19H16N4O3/c24-17-19(8-10-26-15-6-2-1-5-14(15)19)21-18(25)23(17)12-13-11-22-9-4-3-7-16(22)20-13/h1-7,9,11H,8,10,12H2,(H,21,25). The van der Waals surface area contributed by atoms with Crippen molar-refractivity contribution in [2.75, 3.05) is 6.61 Å². The van der Waals surface area contributed by atoms with E-state index in [0.717, 1.165) is 5.65 Å². The summed E-state index contributed by atoms with van der Waals surface area (Å²) in [7, 11) is 0. The number of nitrogens with one attached hydrogen (secondary N) is 1. The Hall–Kier alpha value is -3.35. The minimum atomic E-state index is -1.05. The molecule has 3 amide bonds. The van der Waals surface area contributed by atoms with Crippen molar-refractivity contribution in [1.82, 2.24) is 19.6 Å². The highest BCUT2D eigenvalue weighted by Gasteiger charge is 2.54. The van der Waals surface area contributed by atoms with E-state index in [4.69, 9.17) is 4.74 Å². The summed E-state index contributed by atoms with van der Waals surface area (Å²) in [5.74, 6) is 0.386. The number of urea groups is 1. The van der Waals surface area contributed by atoms with Crippen LogP contribution in [-0.4, -0.2) is 32.8 Å². The van der Waals surface area contributed by atoms with Crippen LogP contribution in [0.3, 0.4) is 0 Å². The second-order valence-electron chi connectivity index (χ2n) is 6.52. The Morgan fingerprint density at radius 1 is 1.15 bits per heavy atom. The minimum absolute atomic E-state index is 0.136. The summed E-state index contributed by atoms with van der Waals surface area (Å²) in [6.45, 7) is 0.516. The number of benzene rings is 1. The lowest BCUT2D eigenvalue weighted by molar-refractivity contribution is -0.133. The van der Waals surface area contributed by atoms with Gasteiger partial charge in [-0.05, 0) is 18.2 Å². The number of imide groups is 1. The topological polar surface area (TPSA) is 75.9 Å². The fourth-order valence-corrected chi connectivity index (χ4v) is 3.74. The van der Waals surface area contributed by atoms with Crippen molar-refractivity contribution < 1.29 is 14.3 Å². The summed E-state index contributed by atoms with van der Waals surface area (Å²) in [5, 5.41) is 2.90. The summed E-state index contributed by atoms with van der Waals surface area (Å²) in [6, 6.07) is 12.6. The van der Waals surface area contributed by atoms with Gasteiger partial charge in [-0.3, -0.25) is 9.69 Å². The van der Waals surface area contributed by atoms with Gasteiger partial charge in [0, 0.05) is 24.4 Å². The maximum Gasteiger partial charge on any atom is 0.325 e. The summed E-state index contributed by atoms with van der Waals surface area (Å²) in [6.07, 6.45) is 4.13. The highest BCUT2D eigenvalue weighted by Crippen LogP contribution is 2.41. The largest absolute Gasteiger partial charge is 0.493 e. The lowest BCUT2D eigenvalue weighted by atomic mass is 9.84. The first-order chi connectivity index (χ1) is 12.7. The van der Waals surface area contributed by atoms with Crippen LogP contribution in [0, 0.1) is 0 Å². The zero-order valence-electron chi connectivity index (χ0n) is 13.9. The van der Waals surface area contributed by atoms with Crippen LogP contribution in [-0.2, 0) is 16.9 Å². The fourth-order valence-electron chi connectivity index (χ4n) is 3.74. The highest BCUT2D eigenvalue weighted by molar-refractivity contribution is 6.07. The van der Waals surface area contributed by atoms with Gasteiger partial charge in [-0.25, -0.2) is 9.78 Å². The number of carbonyl (C=O) groups excluding carboxylic acids is 2. The molecule has 4 heterocycles. The summed E-state index contributed by atoms with van der Waals surface area (Å²) >= 11 is 0. The predicted molar refractivity (Wildman–Crippen MR) is 92.5 cm³/mol. The number of nitrogens with zero attached hydrogens (tertiary/aromatic N) is 3. The number of fused-ring (bicyclic) bond motifs is 3. The van der Waals surface area contributed by atoms with E-state index >= 15 is 0 Å². The van der Waals surface area contributed by atoms with E-state index < -0.39 is 11.6 Å². The Kier molecular flexibility index (Phi) is 3.06. The summed E-state index contributed by atoms with van der Waals surface area (Å²) in [5.41, 5.74) is 1.10. The number of pyridine rings is 1. The van der Waals surface area contributed by atoms with Gasteiger partial charge in [-0.1, -0.05) is 24.3 Å². The molecule has 26 heavy (non-hydrogen) atoms. The molecule has 130 valence electrons. The third kappa shape index (κ3) is 2.03. The monoisotopic (exact) mass is 348 g/mol. The third-order valence-corrected chi connectivity index (χ3v) is 4.99. The maximum atomic E-state index is 13.2. The molecule has 5 rings (SSSR count). The molecule has 0 radical (unpaired) electrons. The smallest absolute Gasteiger partial charge is 0.325 e. The zero-order chi connectivity index (χ0) is 17.7. The number of carbonyl (C=O) groups is 2. The first-order valence-corrected chi connectivity index (χ1v) is 8.46. The van der Waals surface area contributed by atoms with Crippen LogP contribution in [0.4, 0.5) is 4.79 Å². The van der Waals surface area contributed by atoms with Crippen LogP contribution in [0.25, 0.3) is 5.65 Å². The second kappa shape index (κ2) is 5.32. The molecule has 1 aromatic carbocycles. The Morgan fingerprint density at radius 3 is 2.88 bits per heavy atom. The molecular formula is C19H16N4O3. The van der Waals surface area contributed by atoms with Gasteiger partial charge in [0.25, 0.3) is 5.91 Å². The Bertz CT molecular complexity index is 1010. The Balaban J connectivity index is 1.51. The molecule has 1 fully saturated rings. The molecule has 1 unspecified atom stereocenters. The summed E-state index contributed by atoms with van der Waals surface area (Å²) < 4.78 is 7.52. The Morgan fingerprint density at radius 2 is 2.00 bits per heavy atom. The van der Waals surface area contributed by atoms with Crippen molar-refractivity contribution in [2.24, 2.45) is 0 Å². The number of para-hydroxylation sites is 1. The van der Waals surface area contributed by atoms with Crippen LogP contribution >= 0.6 is 0 Å². The lowest BCUT2D eigenvalue weighted by Crippen LogP contribution is -2.47. The highest BCUT2D eigenvalue weighted by atomic mass is 16.5. The molecule has 1 atom stereocenters. The molecule has 2 aliphatic heterocycles. The van der Waals surface area contributed by atoms with E-state index in [0.29, 0.717) is 30.0 Å². The van der Waals surface area contributed by atoms with E-state index in [1.54, 1.807) is 0 Å². The molecule has 2 aliphatic rings. The van der Waals surface area contributed by atoms with Crippen molar-refractivity contribution in [3.05, 3.63) is 66.1 Å². The summed E-state index contributed by atoms with van der Waals surface area (Å²) in [4.78, 5) is 31.6. The molecule has 7 nitrogen and oxygen atoms in total. The molecule has 0 bridgehead atoms. The first-order valence-electron chi connectivity index (χ1n) is 8.46. The quantitative estimate of drug-likeness (QED) is 0.720. The number of amides is 3. The van der Waals surface area contributed by atoms with Crippen molar-refractivity contribution >= 4 is 17.6 Å². The number of aromatic nitrogens is 2. The van der Waals surface area contributed by atoms with Crippen molar-refractivity contribution in [3.63, 3.8) is 0 Å². The van der Waals surface area contributed by atoms with E-state index in [-0.39, 0.29) is 12.5 Å². The van der Waals surface area contributed by atoms with E-state index in [1.165, 1.54) is 4.90 Å². The molecule has 1 N–H and O–H groups in total. The molecule has 1 spiro atoms. The van der Waals surface area contributed by atoms with Gasteiger partial charge >= 0.3 is 6.03 Å². The second-order valence-corrected chi connectivity index (χ2v) is 6.52. The fraction of sp³-hybridized carbons (Fsp3) is 0.211. The van der Waals surface area contributed by atoms with E-state index in [1.807, 2.05) is 59.3 Å². The molecule has 7 heteroatoms. The number of hydrogen-bond acceptors (Lipinski definition) is 4. The number of rotatable bonds is 2. The van der Waals surface area contributed by atoms with Crippen LogP contribution in [0.2, 0.25) is 0 Å². The molecule has 0 saturated carbocycles. The maximum absolute atomic E-state index is 13.2. The van der Waals surface area contributed by atoms with Crippen molar-refractivity contribution in [3.8, 4) is 5.75 Å². The average Bonchev–Trinajstić information content (AvgIpc) is 3.17. The van der Waals surface area contributed by atoms with Gasteiger partial charge in [0.2, 0.25) is 0 Å². The molecule has 1 saturated heterocycles. The Labute approximate surface area is 149 Å². The van der Waals surface area contributed by atoms with Crippen molar-refractivity contribution in [2.45, 2.75) is 18.5 Å². The predicted octanol–water partition coefficient (Wildman–Crippen LogP) is 2.06. The first kappa shape index (κ1) is 14.9. The van der Waals surface area contributed by atoms with E-state index in [9.17, 15) is 9.59 Å². The number of ether oxygens (including phenoxy) is 1. The third-order valence-electron chi connectivity index (χ3n) is 4.99. The van der Waals surface area contributed by atoms with Crippen LogP contribution in [0.15, 0.2) is 54.9 Å². The van der Waals surface area contributed by atoms with E-state index in [2.05, 4.69) is 10.3 Å². The van der Waals surface area contributed by atoms with Crippen LogP contribution in [0.1, 0.15) is 17.7 Å². The van der Waals surface area contributed by atoms with Crippen LogP contribution < -0.4 is 10.1 Å².